The highest BCUT2D eigenvalue weighted by atomic mass is 14.9. The molecule has 1 unspecified atom stereocenters. The quantitative estimate of drug-likeness (QED) is 0.858. The van der Waals surface area contributed by atoms with Crippen molar-refractivity contribution in [1.29, 1.82) is 0 Å². The molecule has 3 nitrogen and oxygen atoms in total. The Bertz CT molecular complexity index is 496. The Morgan fingerprint density at radius 3 is 2.63 bits per heavy atom. The van der Waals surface area contributed by atoms with E-state index in [9.17, 15) is 0 Å². The van der Waals surface area contributed by atoms with Crippen molar-refractivity contribution < 1.29 is 0 Å². The zero-order chi connectivity index (χ0) is 13.5. The van der Waals surface area contributed by atoms with Crippen LogP contribution in [0.1, 0.15) is 43.4 Å². The highest BCUT2D eigenvalue weighted by Gasteiger charge is 2.11. The molecule has 0 aliphatic rings. The van der Waals surface area contributed by atoms with Gasteiger partial charge in [-0.1, -0.05) is 37.3 Å². The molecule has 0 fully saturated rings. The molecule has 19 heavy (non-hydrogen) atoms. The molecule has 0 aliphatic heterocycles. The minimum atomic E-state index is 0.481. The number of nitrogen functional groups attached to an aromatic ring is 1. The molecule has 0 bridgehead atoms. The van der Waals surface area contributed by atoms with Crippen molar-refractivity contribution in [2.24, 2.45) is 0 Å². The highest BCUT2D eigenvalue weighted by Crippen LogP contribution is 2.24. The van der Waals surface area contributed by atoms with Crippen LogP contribution in [0.25, 0.3) is 0 Å². The molecular formula is C16H21N3. The zero-order valence-corrected chi connectivity index (χ0v) is 11.4. The summed E-state index contributed by atoms with van der Waals surface area (Å²) in [4.78, 5) is 8.30. The Balaban J connectivity index is 1.89. The third-order valence-electron chi connectivity index (χ3n) is 3.48. The van der Waals surface area contributed by atoms with Gasteiger partial charge in [-0.25, -0.2) is 9.97 Å². The Hall–Kier alpha value is -1.90. The zero-order valence-electron chi connectivity index (χ0n) is 11.4. The van der Waals surface area contributed by atoms with Gasteiger partial charge >= 0.3 is 0 Å². The lowest BCUT2D eigenvalue weighted by Crippen LogP contribution is -2.03. The summed E-state index contributed by atoms with van der Waals surface area (Å²) in [5.74, 6) is 1.04. The van der Waals surface area contributed by atoms with Crippen molar-refractivity contribution in [2.75, 3.05) is 5.73 Å². The van der Waals surface area contributed by atoms with E-state index in [-0.39, 0.29) is 0 Å². The van der Waals surface area contributed by atoms with E-state index in [1.165, 1.54) is 12.0 Å². The van der Waals surface area contributed by atoms with Crippen LogP contribution in [0.4, 0.5) is 5.82 Å². The SMILES string of the molecule is CCC(CCCc1ccccc1)c1cc(N)ncn1. The lowest BCUT2D eigenvalue weighted by Gasteiger charge is -2.14. The van der Waals surface area contributed by atoms with Crippen molar-refractivity contribution in [2.45, 2.75) is 38.5 Å². The number of hydrogen-bond donors (Lipinski definition) is 1. The molecule has 1 atom stereocenters. The van der Waals surface area contributed by atoms with Gasteiger partial charge in [0.25, 0.3) is 0 Å². The first-order valence-electron chi connectivity index (χ1n) is 6.91. The molecule has 0 saturated carbocycles. The first-order valence-corrected chi connectivity index (χ1v) is 6.91. The van der Waals surface area contributed by atoms with Crippen LogP contribution >= 0.6 is 0 Å². The Kier molecular flexibility index (Phi) is 4.90. The van der Waals surface area contributed by atoms with Crippen molar-refractivity contribution in [1.82, 2.24) is 9.97 Å². The number of anilines is 1. The molecule has 0 radical (unpaired) electrons. The fourth-order valence-electron chi connectivity index (χ4n) is 2.37. The smallest absolute Gasteiger partial charge is 0.127 e. The topological polar surface area (TPSA) is 51.8 Å². The number of benzene rings is 1. The maximum absolute atomic E-state index is 5.72. The van der Waals surface area contributed by atoms with Gasteiger partial charge in [-0.15, -0.1) is 0 Å². The predicted molar refractivity (Wildman–Crippen MR) is 78.9 cm³/mol. The number of aryl methyl sites for hydroxylation is 1. The van der Waals surface area contributed by atoms with E-state index in [1.807, 2.05) is 6.07 Å². The fourth-order valence-corrected chi connectivity index (χ4v) is 2.37. The second-order valence-corrected chi connectivity index (χ2v) is 4.85. The second-order valence-electron chi connectivity index (χ2n) is 4.85. The van der Waals surface area contributed by atoms with Gasteiger partial charge in [0.05, 0.1) is 0 Å². The van der Waals surface area contributed by atoms with Crippen LogP contribution in [-0.4, -0.2) is 9.97 Å². The average Bonchev–Trinajstić information content (AvgIpc) is 2.45. The molecule has 0 saturated heterocycles. The highest BCUT2D eigenvalue weighted by molar-refractivity contribution is 5.29. The lowest BCUT2D eigenvalue weighted by atomic mass is 9.94. The van der Waals surface area contributed by atoms with E-state index in [4.69, 9.17) is 5.73 Å². The molecule has 3 heteroatoms. The number of aromatic nitrogens is 2. The Morgan fingerprint density at radius 1 is 1.16 bits per heavy atom. The molecule has 0 amide bonds. The van der Waals surface area contributed by atoms with Gasteiger partial charge in [-0.3, -0.25) is 0 Å². The van der Waals surface area contributed by atoms with Crippen LogP contribution in [0.2, 0.25) is 0 Å². The standard InChI is InChI=1S/C16H21N3/c1-2-14(15-11-16(17)19-12-18-15)10-6-9-13-7-4-3-5-8-13/h3-5,7-8,11-12,14H,2,6,9-10H2,1H3,(H2,17,18,19). The number of nitrogens with two attached hydrogens (primary N) is 1. The summed E-state index contributed by atoms with van der Waals surface area (Å²) in [6.45, 7) is 2.20. The van der Waals surface area contributed by atoms with E-state index >= 15 is 0 Å². The summed E-state index contributed by atoms with van der Waals surface area (Å²) >= 11 is 0. The molecule has 2 rings (SSSR count). The van der Waals surface area contributed by atoms with Crippen LogP contribution in [-0.2, 0) is 6.42 Å². The molecule has 1 heterocycles. The minimum absolute atomic E-state index is 0.481. The summed E-state index contributed by atoms with van der Waals surface area (Å²) in [5.41, 5.74) is 8.19. The third kappa shape index (κ3) is 4.05. The van der Waals surface area contributed by atoms with Crippen molar-refractivity contribution in [3.63, 3.8) is 0 Å². The predicted octanol–water partition coefficient (Wildman–Crippen LogP) is 3.58. The van der Waals surface area contributed by atoms with Crippen LogP contribution in [0, 0.1) is 0 Å². The van der Waals surface area contributed by atoms with Crippen molar-refractivity contribution in [3.8, 4) is 0 Å². The second kappa shape index (κ2) is 6.88. The van der Waals surface area contributed by atoms with Gasteiger partial charge in [-0.05, 0) is 31.2 Å². The minimum Gasteiger partial charge on any atom is -0.384 e. The lowest BCUT2D eigenvalue weighted by molar-refractivity contribution is 0.562. The van der Waals surface area contributed by atoms with Crippen LogP contribution < -0.4 is 5.73 Å². The number of rotatable bonds is 6. The van der Waals surface area contributed by atoms with Gasteiger partial charge in [0.15, 0.2) is 0 Å². The van der Waals surface area contributed by atoms with E-state index in [0.717, 1.165) is 25.0 Å². The van der Waals surface area contributed by atoms with Crippen molar-refractivity contribution >= 4 is 5.82 Å². The summed E-state index contributed by atoms with van der Waals surface area (Å²) in [6.07, 6.45) is 6.09. The van der Waals surface area contributed by atoms with E-state index in [0.29, 0.717) is 11.7 Å². The number of nitrogens with zero attached hydrogens (tertiary/aromatic N) is 2. The molecular weight excluding hydrogens is 234 g/mol. The molecule has 1 aromatic carbocycles. The fraction of sp³-hybridized carbons (Fsp3) is 0.375. The number of hydrogen-bond acceptors (Lipinski definition) is 3. The van der Waals surface area contributed by atoms with Gasteiger partial charge in [0.1, 0.15) is 12.1 Å². The first kappa shape index (κ1) is 13.5. The van der Waals surface area contributed by atoms with Crippen LogP contribution in [0.5, 0.6) is 0 Å². The van der Waals surface area contributed by atoms with Gasteiger partial charge < -0.3 is 5.73 Å². The summed E-state index contributed by atoms with van der Waals surface area (Å²) in [5, 5.41) is 0. The normalized spacial score (nSPS) is 12.3. The summed E-state index contributed by atoms with van der Waals surface area (Å²) in [6, 6.07) is 12.5. The average molecular weight is 255 g/mol. The molecule has 1 aromatic heterocycles. The summed E-state index contributed by atoms with van der Waals surface area (Å²) < 4.78 is 0. The molecule has 0 spiro atoms. The van der Waals surface area contributed by atoms with Crippen molar-refractivity contribution in [3.05, 3.63) is 54.0 Å². The monoisotopic (exact) mass is 255 g/mol. The van der Waals surface area contributed by atoms with Gasteiger partial charge in [0.2, 0.25) is 0 Å². The van der Waals surface area contributed by atoms with Gasteiger partial charge in [-0.2, -0.15) is 0 Å². The van der Waals surface area contributed by atoms with Crippen LogP contribution in [0.15, 0.2) is 42.7 Å². The van der Waals surface area contributed by atoms with Crippen LogP contribution in [0.3, 0.4) is 0 Å². The third-order valence-corrected chi connectivity index (χ3v) is 3.48. The van der Waals surface area contributed by atoms with E-state index in [2.05, 4.69) is 47.2 Å². The Labute approximate surface area is 114 Å². The molecule has 2 N–H and O–H groups in total. The molecule has 100 valence electrons. The van der Waals surface area contributed by atoms with E-state index in [1.54, 1.807) is 6.33 Å². The largest absolute Gasteiger partial charge is 0.384 e. The Morgan fingerprint density at radius 2 is 1.95 bits per heavy atom. The summed E-state index contributed by atoms with van der Waals surface area (Å²) in [7, 11) is 0. The first-order chi connectivity index (χ1) is 9.29. The van der Waals surface area contributed by atoms with E-state index < -0.39 is 0 Å². The molecule has 2 aromatic rings. The van der Waals surface area contributed by atoms with Gasteiger partial charge in [0, 0.05) is 17.7 Å². The maximum atomic E-state index is 5.72. The molecule has 0 aliphatic carbocycles. The maximum Gasteiger partial charge on any atom is 0.127 e.